The average Bonchev–Trinajstić information content (AvgIpc) is 2.42. The Bertz CT molecular complexity index is 453. The van der Waals surface area contributed by atoms with Crippen LogP contribution in [-0.4, -0.2) is 42.6 Å². The van der Waals surface area contributed by atoms with Crippen molar-refractivity contribution >= 4 is 18.3 Å². The predicted molar refractivity (Wildman–Crippen MR) is 82.8 cm³/mol. The normalized spacial score (nSPS) is 22.1. The van der Waals surface area contributed by atoms with Gasteiger partial charge in [-0.05, 0) is 39.0 Å². The molecule has 1 heterocycles. The van der Waals surface area contributed by atoms with Crippen LogP contribution in [0.1, 0.15) is 31.1 Å². The largest absolute Gasteiger partial charge is 0.494 e. The molecule has 5 heteroatoms. The number of halogens is 1. The summed E-state index contributed by atoms with van der Waals surface area (Å²) in [6.45, 7) is 8.35. The third-order valence-electron chi connectivity index (χ3n) is 3.69. The fourth-order valence-corrected chi connectivity index (χ4v) is 2.39. The third-order valence-corrected chi connectivity index (χ3v) is 3.69. The lowest BCUT2D eigenvalue weighted by Crippen LogP contribution is -2.57. The summed E-state index contributed by atoms with van der Waals surface area (Å²) in [6.07, 6.45) is 0. The number of carbonyl (C=O) groups is 1. The van der Waals surface area contributed by atoms with Crippen molar-refractivity contribution < 1.29 is 9.53 Å². The fourth-order valence-electron chi connectivity index (χ4n) is 2.39. The topological polar surface area (TPSA) is 41.6 Å². The highest BCUT2D eigenvalue weighted by atomic mass is 35.5. The van der Waals surface area contributed by atoms with Crippen LogP contribution in [0.2, 0.25) is 0 Å². The molecule has 0 spiro atoms. The molecule has 1 saturated heterocycles. The van der Waals surface area contributed by atoms with Crippen molar-refractivity contribution in [3.63, 3.8) is 0 Å². The maximum atomic E-state index is 12.6. The van der Waals surface area contributed by atoms with Crippen molar-refractivity contribution in [2.75, 3.05) is 19.7 Å². The Hall–Kier alpha value is -1.26. The molecule has 4 nitrogen and oxygen atoms in total. The number of piperazine rings is 1. The molecule has 1 N–H and O–H groups in total. The summed E-state index contributed by atoms with van der Waals surface area (Å²) in [5.74, 6) is 0.839. The highest BCUT2D eigenvalue weighted by Gasteiger charge is 2.28. The molecular formula is C15H23ClN2O2. The molecule has 2 rings (SSSR count). The Balaban J connectivity index is 0.00000200. The van der Waals surface area contributed by atoms with Crippen LogP contribution in [0, 0.1) is 0 Å². The van der Waals surface area contributed by atoms with Crippen LogP contribution in [-0.2, 0) is 0 Å². The standard InChI is InChI=1S/C15H22N2O2.ClH/c1-4-19-14-7-5-6-13(10-14)15(18)17-9-8-16-11(2)12(17)3;/h5-7,10-12,16H,4,8-9H2,1-3H3;1H. The van der Waals surface area contributed by atoms with Gasteiger partial charge in [0.25, 0.3) is 5.91 Å². The van der Waals surface area contributed by atoms with E-state index >= 15 is 0 Å². The van der Waals surface area contributed by atoms with E-state index < -0.39 is 0 Å². The van der Waals surface area contributed by atoms with Crippen molar-refractivity contribution in [2.24, 2.45) is 0 Å². The molecule has 1 amide bonds. The molecule has 1 aliphatic rings. The van der Waals surface area contributed by atoms with Gasteiger partial charge < -0.3 is 15.0 Å². The van der Waals surface area contributed by atoms with Gasteiger partial charge in [-0.3, -0.25) is 4.79 Å². The van der Waals surface area contributed by atoms with Crippen molar-refractivity contribution in [3.8, 4) is 5.75 Å². The first-order valence-electron chi connectivity index (χ1n) is 6.90. The molecule has 20 heavy (non-hydrogen) atoms. The highest BCUT2D eigenvalue weighted by molar-refractivity contribution is 5.95. The predicted octanol–water partition coefficient (Wildman–Crippen LogP) is 2.33. The smallest absolute Gasteiger partial charge is 0.254 e. The Morgan fingerprint density at radius 2 is 2.20 bits per heavy atom. The van der Waals surface area contributed by atoms with Crippen LogP contribution in [0.15, 0.2) is 24.3 Å². The summed E-state index contributed by atoms with van der Waals surface area (Å²) in [5, 5.41) is 3.38. The minimum Gasteiger partial charge on any atom is -0.494 e. The second-order valence-corrected chi connectivity index (χ2v) is 4.94. The summed E-state index contributed by atoms with van der Waals surface area (Å²) in [7, 11) is 0. The lowest BCUT2D eigenvalue weighted by atomic mass is 10.1. The minimum atomic E-state index is 0. The van der Waals surface area contributed by atoms with Gasteiger partial charge in [0.2, 0.25) is 0 Å². The van der Waals surface area contributed by atoms with E-state index in [1.807, 2.05) is 36.1 Å². The Kier molecular flexibility index (Phi) is 6.30. The Morgan fingerprint density at radius 1 is 1.45 bits per heavy atom. The van der Waals surface area contributed by atoms with Crippen molar-refractivity contribution in [3.05, 3.63) is 29.8 Å². The molecule has 0 aromatic heterocycles. The van der Waals surface area contributed by atoms with Crippen LogP contribution in [0.4, 0.5) is 0 Å². The SMILES string of the molecule is CCOc1cccc(C(=O)N2CCNC(C)C2C)c1.Cl. The first-order valence-corrected chi connectivity index (χ1v) is 6.90. The number of nitrogens with one attached hydrogen (secondary N) is 1. The van der Waals surface area contributed by atoms with Crippen molar-refractivity contribution in [2.45, 2.75) is 32.9 Å². The second kappa shape index (κ2) is 7.50. The van der Waals surface area contributed by atoms with Gasteiger partial charge in [-0.2, -0.15) is 0 Å². The van der Waals surface area contributed by atoms with Gasteiger partial charge in [0, 0.05) is 30.7 Å². The second-order valence-electron chi connectivity index (χ2n) is 4.94. The molecule has 1 aromatic rings. The fraction of sp³-hybridized carbons (Fsp3) is 0.533. The van der Waals surface area contributed by atoms with Gasteiger partial charge in [0.05, 0.1) is 6.61 Å². The van der Waals surface area contributed by atoms with Gasteiger partial charge >= 0.3 is 0 Å². The van der Waals surface area contributed by atoms with Gasteiger partial charge in [-0.15, -0.1) is 12.4 Å². The maximum Gasteiger partial charge on any atom is 0.254 e. The van der Waals surface area contributed by atoms with E-state index in [-0.39, 0.29) is 24.4 Å². The first-order chi connectivity index (χ1) is 9.13. The van der Waals surface area contributed by atoms with E-state index in [1.54, 1.807) is 0 Å². The van der Waals surface area contributed by atoms with Crippen molar-refractivity contribution in [1.29, 1.82) is 0 Å². The van der Waals surface area contributed by atoms with E-state index in [9.17, 15) is 4.79 Å². The number of nitrogens with zero attached hydrogens (tertiary/aromatic N) is 1. The van der Waals surface area contributed by atoms with E-state index in [1.165, 1.54) is 0 Å². The summed E-state index contributed by atoms with van der Waals surface area (Å²) >= 11 is 0. The number of rotatable bonds is 3. The third kappa shape index (κ3) is 3.64. The quantitative estimate of drug-likeness (QED) is 0.931. The zero-order valence-electron chi connectivity index (χ0n) is 12.3. The first kappa shape index (κ1) is 16.8. The van der Waals surface area contributed by atoms with Gasteiger partial charge in [-0.25, -0.2) is 0 Å². The van der Waals surface area contributed by atoms with Gasteiger partial charge in [-0.1, -0.05) is 6.07 Å². The molecule has 2 atom stereocenters. The zero-order chi connectivity index (χ0) is 13.8. The molecule has 0 saturated carbocycles. The van der Waals surface area contributed by atoms with Crippen LogP contribution in [0.25, 0.3) is 0 Å². The minimum absolute atomic E-state index is 0. The Morgan fingerprint density at radius 3 is 2.90 bits per heavy atom. The van der Waals surface area contributed by atoms with E-state index in [2.05, 4.69) is 19.2 Å². The number of hydrogen-bond acceptors (Lipinski definition) is 3. The van der Waals surface area contributed by atoms with E-state index in [4.69, 9.17) is 4.74 Å². The molecule has 2 unspecified atom stereocenters. The van der Waals surface area contributed by atoms with Crippen LogP contribution >= 0.6 is 12.4 Å². The molecule has 0 radical (unpaired) electrons. The summed E-state index contributed by atoms with van der Waals surface area (Å²) in [4.78, 5) is 14.5. The number of ether oxygens (including phenoxy) is 1. The summed E-state index contributed by atoms with van der Waals surface area (Å²) in [5.41, 5.74) is 0.701. The molecule has 1 aliphatic heterocycles. The molecule has 1 aromatic carbocycles. The molecule has 0 bridgehead atoms. The average molecular weight is 299 g/mol. The van der Waals surface area contributed by atoms with Gasteiger partial charge in [0.1, 0.15) is 5.75 Å². The lowest BCUT2D eigenvalue weighted by molar-refractivity contribution is 0.0602. The van der Waals surface area contributed by atoms with Crippen molar-refractivity contribution in [1.82, 2.24) is 10.2 Å². The van der Waals surface area contributed by atoms with E-state index in [0.29, 0.717) is 18.2 Å². The lowest BCUT2D eigenvalue weighted by Gasteiger charge is -2.38. The number of benzene rings is 1. The van der Waals surface area contributed by atoms with Crippen LogP contribution in [0.3, 0.4) is 0 Å². The monoisotopic (exact) mass is 298 g/mol. The molecule has 0 aliphatic carbocycles. The summed E-state index contributed by atoms with van der Waals surface area (Å²) < 4.78 is 5.45. The van der Waals surface area contributed by atoms with Gasteiger partial charge in [0.15, 0.2) is 0 Å². The molecule has 1 fully saturated rings. The Labute approximate surface area is 126 Å². The highest BCUT2D eigenvalue weighted by Crippen LogP contribution is 2.18. The number of carbonyl (C=O) groups excluding carboxylic acids is 1. The number of amides is 1. The zero-order valence-corrected chi connectivity index (χ0v) is 13.1. The van der Waals surface area contributed by atoms with Crippen LogP contribution < -0.4 is 10.1 Å². The number of hydrogen-bond donors (Lipinski definition) is 1. The summed E-state index contributed by atoms with van der Waals surface area (Å²) in [6, 6.07) is 7.96. The maximum absolute atomic E-state index is 12.6. The molecular weight excluding hydrogens is 276 g/mol. The van der Waals surface area contributed by atoms with E-state index in [0.717, 1.165) is 18.8 Å². The molecule has 112 valence electrons. The van der Waals surface area contributed by atoms with Crippen LogP contribution in [0.5, 0.6) is 5.75 Å².